The van der Waals surface area contributed by atoms with Crippen molar-refractivity contribution >= 4 is 34.8 Å². The second kappa shape index (κ2) is 9.85. The van der Waals surface area contributed by atoms with Crippen LogP contribution in [0.3, 0.4) is 0 Å². The number of nitrogens with zero attached hydrogens (tertiary/aromatic N) is 2. The zero-order chi connectivity index (χ0) is 18.1. The number of thiocarbonyl (C=S) groups is 1. The molecule has 6 nitrogen and oxygen atoms in total. The number of halogens is 1. The molecule has 0 amide bonds. The van der Waals surface area contributed by atoms with Crippen LogP contribution in [0.2, 0.25) is 0 Å². The summed E-state index contributed by atoms with van der Waals surface area (Å²) in [6, 6.07) is 7.86. The van der Waals surface area contributed by atoms with Crippen LogP contribution in [0.1, 0.15) is 19.0 Å². The molecule has 25 heavy (non-hydrogen) atoms. The van der Waals surface area contributed by atoms with E-state index in [-0.39, 0.29) is 5.82 Å². The van der Waals surface area contributed by atoms with Gasteiger partial charge in [-0.05, 0) is 56.8 Å². The first-order valence-electron chi connectivity index (χ1n) is 8.07. The van der Waals surface area contributed by atoms with Gasteiger partial charge in [-0.3, -0.25) is 0 Å². The topological polar surface area (TPSA) is 71.1 Å². The van der Waals surface area contributed by atoms with E-state index >= 15 is 0 Å². The van der Waals surface area contributed by atoms with Crippen LogP contribution < -0.4 is 16.0 Å². The maximum atomic E-state index is 13.0. The molecule has 134 valence electrons. The number of hydrogen-bond donors (Lipinski definition) is 3. The first kappa shape index (κ1) is 19.0. The normalized spacial score (nSPS) is 10.4. The van der Waals surface area contributed by atoms with E-state index in [1.165, 1.54) is 12.1 Å². The Hall–Kier alpha value is -2.32. The van der Waals surface area contributed by atoms with Crippen LogP contribution in [-0.4, -0.2) is 34.8 Å². The molecule has 0 saturated heterocycles. The molecule has 0 aliphatic heterocycles. The minimum absolute atomic E-state index is 0.285. The van der Waals surface area contributed by atoms with E-state index < -0.39 is 0 Å². The van der Waals surface area contributed by atoms with Crippen molar-refractivity contribution in [2.45, 2.75) is 20.3 Å². The Morgan fingerprint density at radius 3 is 2.72 bits per heavy atom. The Bertz CT molecular complexity index is 696. The van der Waals surface area contributed by atoms with Crippen LogP contribution in [0.25, 0.3) is 0 Å². The van der Waals surface area contributed by atoms with Crippen LogP contribution in [0.15, 0.2) is 30.3 Å². The largest absolute Gasteiger partial charge is 0.382 e. The van der Waals surface area contributed by atoms with E-state index in [1.807, 2.05) is 13.8 Å². The van der Waals surface area contributed by atoms with Crippen molar-refractivity contribution in [3.8, 4) is 0 Å². The maximum Gasteiger partial charge on any atom is 0.231 e. The van der Waals surface area contributed by atoms with Crippen LogP contribution >= 0.6 is 12.2 Å². The van der Waals surface area contributed by atoms with Crippen molar-refractivity contribution < 1.29 is 9.13 Å². The van der Waals surface area contributed by atoms with Crippen molar-refractivity contribution in [3.05, 3.63) is 41.8 Å². The van der Waals surface area contributed by atoms with Gasteiger partial charge in [0.1, 0.15) is 11.6 Å². The maximum absolute atomic E-state index is 13.0. The molecule has 0 radical (unpaired) electrons. The highest BCUT2D eigenvalue weighted by Crippen LogP contribution is 2.17. The predicted molar refractivity (Wildman–Crippen MR) is 102 cm³/mol. The second-order valence-corrected chi connectivity index (χ2v) is 5.69. The molecule has 1 heterocycles. The monoisotopic (exact) mass is 363 g/mol. The number of rotatable bonds is 8. The summed E-state index contributed by atoms with van der Waals surface area (Å²) < 4.78 is 18.2. The van der Waals surface area contributed by atoms with Crippen LogP contribution in [0, 0.1) is 12.7 Å². The fraction of sp³-hybridized carbons (Fsp3) is 0.353. The third-order valence-corrected chi connectivity index (χ3v) is 3.40. The molecule has 0 saturated carbocycles. The van der Waals surface area contributed by atoms with Gasteiger partial charge in [-0.15, -0.1) is 0 Å². The van der Waals surface area contributed by atoms with E-state index in [4.69, 9.17) is 17.0 Å². The van der Waals surface area contributed by atoms with Gasteiger partial charge in [-0.1, -0.05) is 0 Å². The van der Waals surface area contributed by atoms with Crippen molar-refractivity contribution in [3.63, 3.8) is 0 Å². The molecule has 0 aliphatic rings. The van der Waals surface area contributed by atoms with Gasteiger partial charge in [-0.2, -0.15) is 4.98 Å². The van der Waals surface area contributed by atoms with Crippen molar-refractivity contribution in [1.29, 1.82) is 0 Å². The summed E-state index contributed by atoms with van der Waals surface area (Å²) in [5.41, 5.74) is 1.52. The van der Waals surface area contributed by atoms with Crippen LogP contribution in [0.4, 0.5) is 21.8 Å². The number of aromatic nitrogens is 2. The number of nitrogens with one attached hydrogen (secondary N) is 3. The highest BCUT2D eigenvalue weighted by molar-refractivity contribution is 7.80. The third kappa shape index (κ3) is 6.98. The summed E-state index contributed by atoms with van der Waals surface area (Å²) in [6.45, 7) is 5.94. The number of aryl methyl sites for hydroxylation is 1. The Morgan fingerprint density at radius 1 is 1.24 bits per heavy atom. The first-order chi connectivity index (χ1) is 12.1. The molecular formula is C17H22FN5OS. The summed E-state index contributed by atoms with van der Waals surface area (Å²) in [6.07, 6.45) is 0.863. The third-order valence-electron chi connectivity index (χ3n) is 3.15. The van der Waals surface area contributed by atoms with Crippen molar-refractivity contribution in [2.24, 2.45) is 0 Å². The smallest absolute Gasteiger partial charge is 0.231 e. The fourth-order valence-corrected chi connectivity index (χ4v) is 2.23. The number of benzene rings is 1. The first-order valence-corrected chi connectivity index (χ1v) is 8.48. The SMILES string of the molecule is CCOCCCNC(=S)Nc1nc(C)cc(Nc2ccc(F)cc2)n1. The van der Waals surface area contributed by atoms with E-state index in [0.29, 0.717) is 36.6 Å². The summed E-state index contributed by atoms with van der Waals surface area (Å²) in [4.78, 5) is 8.68. The van der Waals surface area contributed by atoms with E-state index in [9.17, 15) is 4.39 Å². The minimum Gasteiger partial charge on any atom is -0.382 e. The molecule has 0 spiro atoms. The molecule has 1 aromatic heterocycles. The molecule has 0 fully saturated rings. The molecule has 0 aliphatic carbocycles. The lowest BCUT2D eigenvalue weighted by atomic mass is 10.3. The Balaban J connectivity index is 1.91. The molecule has 0 unspecified atom stereocenters. The molecule has 1 aromatic carbocycles. The minimum atomic E-state index is -0.285. The molecule has 0 atom stereocenters. The molecule has 8 heteroatoms. The van der Waals surface area contributed by atoms with Crippen molar-refractivity contribution in [1.82, 2.24) is 15.3 Å². The summed E-state index contributed by atoms with van der Waals surface area (Å²) >= 11 is 5.24. The molecule has 2 rings (SSSR count). The predicted octanol–water partition coefficient (Wildman–Crippen LogP) is 3.38. The average Bonchev–Trinajstić information content (AvgIpc) is 2.56. The van der Waals surface area contributed by atoms with Gasteiger partial charge in [0.2, 0.25) is 5.95 Å². The lowest BCUT2D eigenvalue weighted by molar-refractivity contribution is 0.146. The van der Waals surface area contributed by atoms with E-state index in [2.05, 4.69) is 25.9 Å². The number of ether oxygens (including phenoxy) is 1. The molecule has 2 aromatic rings. The Kier molecular flexibility index (Phi) is 7.49. The standard InChI is InChI=1S/C17H22FN5OS/c1-3-24-10-4-9-19-17(25)23-16-20-12(2)11-15(22-16)21-14-7-5-13(18)6-8-14/h5-8,11H,3-4,9-10H2,1-2H3,(H3,19,20,21,22,23,25). The molecular weight excluding hydrogens is 341 g/mol. The van der Waals surface area contributed by atoms with Gasteiger partial charge >= 0.3 is 0 Å². The second-order valence-electron chi connectivity index (χ2n) is 5.28. The van der Waals surface area contributed by atoms with Gasteiger partial charge in [0.15, 0.2) is 5.11 Å². The fourth-order valence-electron chi connectivity index (χ4n) is 2.04. The van der Waals surface area contributed by atoms with E-state index in [0.717, 1.165) is 17.8 Å². The Labute approximate surface area is 152 Å². The summed E-state index contributed by atoms with van der Waals surface area (Å²) in [5.74, 6) is 0.709. The highest BCUT2D eigenvalue weighted by atomic mass is 32.1. The van der Waals surface area contributed by atoms with Crippen LogP contribution in [-0.2, 0) is 4.74 Å². The lowest BCUT2D eigenvalue weighted by Crippen LogP contribution is -2.30. The average molecular weight is 363 g/mol. The summed E-state index contributed by atoms with van der Waals surface area (Å²) in [5, 5.41) is 9.62. The van der Waals surface area contributed by atoms with Crippen molar-refractivity contribution in [2.75, 3.05) is 30.4 Å². The molecule has 3 N–H and O–H groups in total. The Morgan fingerprint density at radius 2 is 2.00 bits per heavy atom. The highest BCUT2D eigenvalue weighted by Gasteiger charge is 2.05. The van der Waals surface area contributed by atoms with Gasteiger partial charge in [-0.25, -0.2) is 9.37 Å². The number of hydrogen-bond acceptors (Lipinski definition) is 5. The quantitative estimate of drug-likeness (QED) is 0.490. The number of anilines is 3. The van der Waals surface area contributed by atoms with Gasteiger partial charge in [0, 0.05) is 37.2 Å². The van der Waals surface area contributed by atoms with Gasteiger partial charge in [0.25, 0.3) is 0 Å². The van der Waals surface area contributed by atoms with Crippen LogP contribution in [0.5, 0.6) is 0 Å². The lowest BCUT2D eigenvalue weighted by Gasteiger charge is -2.12. The molecule has 0 bridgehead atoms. The zero-order valence-corrected chi connectivity index (χ0v) is 15.1. The zero-order valence-electron chi connectivity index (χ0n) is 14.3. The van der Waals surface area contributed by atoms with E-state index in [1.54, 1.807) is 18.2 Å². The van der Waals surface area contributed by atoms with Gasteiger partial charge in [0.05, 0.1) is 0 Å². The van der Waals surface area contributed by atoms with Gasteiger partial charge < -0.3 is 20.7 Å². The summed E-state index contributed by atoms with van der Waals surface area (Å²) in [7, 11) is 0.